The molecule has 1 amide bonds. The van der Waals surface area contributed by atoms with Crippen LogP contribution < -0.4 is 4.74 Å². The van der Waals surface area contributed by atoms with Crippen molar-refractivity contribution in [2.75, 3.05) is 13.2 Å². The van der Waals surface area contributed by atoms with Crippen LogP contribution in [-0.4, -0.2) is 47.2 Å². The molecule has 0 spiro atoms. The molecule has 0 N–H and O–H groups in total. The number of rotatable bonds is 3. The topological polar surface area (TPSA) is 64.8 Å². The van der Waals surface area contributed by atoms with E-state index in [4.69, 9.17) is 13.9 Å². The van der Waals surface area contributed by atoms with E-state index < -0.39 is 0 Å². The van der Waals surface area contributed by atoms with E-state index in [0.717, 1.165) is 18.6 Å². The summed E-state index contributed by atoms with van der Waals surface area (Å²) in [5.74, 6) is 1.41. The number of hydrogen-bond acceptors (Lipinski definition) is 5. The molecule has 2 aromatic rings. The van der Waals surface area contributed by atoms with Gasteiger partial charge in [0.25, 0.3) is 5.91 Å². The fraction of sp³-hybridized carbons (Fsp3) is 0.444. The molecule has 2 aromatic heterocycles. The lowest BCUT2D eigenvalue weighted by molar-refractivity contribution is -0.0787. The summed E-state index contributed by atoms with van der Waals surface area (Å²) in [5, 5.41) is 0. The maximum absolute atomic E-state index is 12.8. The van der Waals surface area contributed by atoms with E-state index in [1.54, 1.807) is 24.7 Å². The van der Waals surface area contributed by atoms with Crippen molar-refractivity contribution in [3.05, 3.63) is 48.2 Å². The van der Waals surface area contributed by atoms with Gasteiger partial charge in [0.1, 0.15) is 23.7 Å². The summed E-state index contributed by atoms with van der Waals surface area (Å²) >= 11 is 0. The number of morpholine rings is 1. The van der Waals surface area contributed by atoms with Crippen LogP contribution in [0.25, 0.3) is 0 Å². The highest BCUT2D eigenvalue weighted by Gasteiger charge is 2.46. The van der Waals surface area contributed by atoms with Crippen LogP contribution in [0.3, 0.4) is 0 Å². The monoisotopic (exact) mass is 328 g/mol. The Balaban J connectivity index is 1.50. The largest absolute Gasteiger partial charge is 0.486 e. The molecule has 0 aromatic carbocycles. The maximum atomic E-state index is 12.8. The first-order valence-electron chi connectivity index (χ1n) is 8.27. The maximum Gasteiger partial charge on any atom is 0.257 e. The van der Waals surface area contributed by atoms with Crippen LogP contribution in [-0.2, 0) is 4.74 Å². The third-order valence-electron chi connectivity index (χ3n) is 4.81. The van der Waals surface area contributed by atoms with Crippen LogP contribution in [0, 0.1) is 6.92 Å². The zero-order valence-corrected chi connectivity index (χ0v) is 13.6. The zero-order valence-electron chi connectivity index (χ0n) is 13.6. The molecule has 3 heterocycles. The number of amides is 1. The molecule has 2 aliphatic rings. The van der Waals surface area contributed by atoms with Crippen molar-refractivity contribution in [2.45, 2.75) is 38.0 Å². The van der Waals surface area contributed by atoms with E-state index in [2.05, 4.69) is 4.98 Å². The lowest BCUT2D eigenvalue weighted by atomic mass is 10.1. The van der Waals surface area contributed by atoms with E-state index in [1.165, 1.54) is 0 Å². The van der Waals surface area contributed by atoms with Crippen molar-refractivity contribution in [1.29, 1.82) is 0 Å². The van der Waals surface area contributed by atoms with E-state index in [0.29, 0.717) is 24.5 Å². The summed E-state index contributed by atoms with van der Waals surface area (Å²) < 4.78 is 17.3. The third-order valence-corrected chi connectivity index (χ3v) is 4.81. The predicted octanol–water partition coefficient (Wildman–Crippen LogP) is 2.43. The molecule has 0 radical (unpaired) electrons. The van der Waals surface area contributed by atoms with Gasteiger partial charge in [0.05, 0.1) is 30.7 Å². The van der Waals surface area contributed by atoms with Gasteiger partial charge in [-0.15, -0.1) is 0 Å². The highest BCUT2D eigenvalue weighted by molar-refractivity contribution is 5.95. The molecule has 0 unspecified atom stereocenters. The first kappa shape index (κ1) is 15.2. The van der Waals surface area contributed by atoms with E-state index >= 15 is 0 Å². The second-order valence-electron chi connectivity index (χ2n) is 6.21. The first-order chi connectivity index (χ1) is 11.7. The fourth-order valence-corrected chi connectivity index (χ4v) is 3.65. The SMILES string of the molecule is Cc1occc1C(=O)N1CCO[C@@H]2[C@@H](Oc3cccnc3)CC[C@H]21. The molecule has 24 heavy (non-hydrogen) atoms. The number of nitrogens with zero attached hydrogens (tertiary/aromatic N) is 2. The van der Waals surface area contributed by atoms with Gasteiger partial charge in [0, 0.05) is 12.7 Å². The molecule has 6 heteroatoms. The number of hydrogen-bond donors (Lipinski definition) is 0. The molecule has 1 saturated carbocycles. The van der Waals surface area contributed by atoms with Gasteiger partial charge in [0.2, 0.25) is 0 Å². The summed E-state index contributed by atoms with van der Waals surface area (Å²) in [7, 11) is 0. The highest BCUT2D eigenvalue weighted by Crippen LogP contribution is 2.34. The van der Waals surface area contributed by atoms with E-state index in [1.807, 2.05) is 24.0 Å². The van der Waals surface area contributed by atoms with Crippen molar-refractivity contribution in [2.24, 2.45) is 0 Å². The summed E-state index contributed by atoms with van der Waals surface area (Å²) in [4.78, 5) is 18.8. The summed E-state index contributed by atoms with van der Waals surface area (Å²) in [6, 6.07) is 5.52. The normalized spacial score (nSPS) is 26.2. The molecule has 0 bridgehead atoms. The van der Waals surface area contributed by atoms with Gasteiger partial charge in [-0.2, -0.15) is 0 Å². The highest BCUT2D eigenvalue weighted by atomic mass is 16.5. The van der Waals surface area contributed by atoms with Crippen molar-refractivity contribution in [1.82, 2.24) is 9.88 Å². The van der Waals surface area contributed by atoms with Crippen LogP contribution in [0.4, 0.5) is 0 Å². The third kappa shape index (κ3) is 2.67. The number of ether oxygens (including phenoxy) is 2. The van der Waals surface area contributed by atoms with Crippen molar-refractivity contribution in [3.63, 3.8) is 0 Å². The standard InChI is InChI=1S/C18H20N2O4/c1-12-14(6-9-22-12)18(21)20-8-10-23-17-15(20)4-5-16(17)24-13-3-2-7-19-11-13/h2-3,6-7,9,11,15-17H,4-5,8,10H2,1H3/t15-,16+,17+/m1/s1. The van der Waals surface area contributed by atoms with Gasteiger partial charge in [-0.3, -0.25) is 9.78 Å². The average molecular weight is 328 g/mol. The Morgan fingerprint density at radius 1 is 1.38 bits per heavy atom. The van der Waals surface area contributed by atoms with Crippen molar-refractivity contribution >= 4 is 5.91 Å². The Morgan fingerprint density at radius 3 is 3.04 bits per heavy atom. The zero-order chi connectivity index (χ0) is 16.5. The number of carbonyl (C=O) groups is 1. The van der Waals surface area contributed by atoms with E-state index in [-0.39, 0.29) is 24.2 Å². The number of fused-ring (bicyclic) bond motifs is 1. The number of aryl methyl sites for hydroxylation is 1. The number of aromatic nitrogens is 1. The fourth-order valence-electron chi connectivity index (χ4n) is 3.65. The molecule has 3 atom stereocenters. The predicted molar refractivity (Wildman–Crippen MR) is 85.9 cm³/mol. The van der Waals surface area contributed by atoms with Crippen LogP contribution in [0.2, 0.25) is 0 Å². The molecule has 1 aliphatic carbocycles. The summed E-state index contributed by atoms with van der Waals surface area (Å²) in [6.45, 7) is 2.94. The minimum Gasteiger partial charge on any atom is -0.486 e. The number of carbonyl (C=O) groups excluding carboxylic acids is 1. The summed E-state index contributed by atoms with van der Waals surface area (Å²) in [5.41, 5.74) is 0.632. The molecule has 1 aliphatic heterocycles. The Labute approximate surface area is 140 Å². The Morgan fingerprint density at radius 2 is 2.29 bits per heavy atom. The quantitative estimate of drug-likeness (QED) is 0.866. The van der Waals surface area contributed by atoms with Gasteiger partial charge in [-0.25, -0.2) is 0 Å². The molecular formula is C18H20N2O4. The van der Waals surface area contributed by atoms with Gasteiger partial charge < -0.3 is 18.8 Å². The minimum atomic E-state index is -0.102. The van der Waals surface area contributed by atoms with Crippen LogP contribution >= 0.6 is 0 Å². The first-order valence-corrected chi connectivity index (χ1v) is 8.27. The van der Waals surface area contributed by atoms with Gasteiger partial charge in [-0.05, 0) is 38.0 Å². The summed E-state index contributed by atoms with van der Waals surface area (Å²) in [6.07, 6.45) is 6.55. The number of pyridine rings is 1. The molecule has 4 rings (SSSR count). The molecule has 1 saturated heterocycles. The molecule has 6 nitrogen and oxygen atoms in total. The van der Waals surface area contributed by atoms with Gasteiger partial charge in [-0.1, -0.05) is 0 Å². The Kier molecular flexibility index (Phi) is 3.98. The smallest absolute Gasteiger partial charge is 0.257 e. The lowest BCUT2D eigenvalue weighted by Gasteiger charge is -2.38. The van der Waals surface area contributed by atoms with E-state index in [9.17, 15) is 4.79 Å². The molecule has 2 fully saturated rings. The van der Waals surface area contributed by atoms with Gasteiger partial charge in [0.15, 0.2) is 0 Å². The lowest BCUT2D eigenvalue weighted by Crippen LogP contribution is -2.54. The Bertz CT molecular complexity index is 715. The molecular weight excluding hydrogens is 308 g/mol. The second-order valence-corrected chi connectivity index (χ2v) is 6.21. The van der Waals surface area contributed by atoms with Crippen molar-refractivity contribution < 1.29 is 18.7 Å². The van der Waals surface area contributed by atoms with Crippen LogP contribution in [0.1, 0.15) is 29.0 Å². The minimum absolute atomic E-state index is 0.0153. The average Bonchev–Trinajstić information content (AvgIpc) is 3.22. The van der Waals surface area contributed by atoms with Gasteiger partial charge >= 0.3 is 0 Å². The Hall–Kier alpha value is -2.34. The van der Waals surface area contributed by atoms with Crippen LogP contribution in [0.15, 0.2) is 41.3 Å². The number of furan rings is 1. The second kappa shape index (κ2) is 6.28. The van der Waals surface area contributed by atoms with Crippen molar-refractivity contribution in [3.8, 4) is 5.75 Å². The molecule has 126 valence electrons. The van der Waals surface area contributed by atoms with Crippen LogP contribution in [0.5, 0.6) is 5.75 Å².